The van der Waals surface area contributed by atoms with Crippen LogP contribution < -0.4 is 11.5 Å². The van der Waals surface area contributed by atoms with Crippen LogP contribution in [0.2, 0.25) is 0 Å². The van der Waals surface area contributed by atoms with Crippen LogP contribution in [0.5, 0.6) is 0 Å². The smallest absolute Gasteiger partial charge is 0.239 e. The highest BCUT2D eigenvalue weighted by atomic mass is 16.2. The van der Waals surface area contributed by atoms with Gasteiger partial charge in [-0.05, 0) is 43.0 Å². The number of rotatable bonds is 9. The summed E-state index contributed by atoms with van der Waals surface area (Å²) in [6, 6.07) is 6.17. The van der Waals surface area contributed by atoms with Gasteiger partial charge in [-0.25, -0.2) is 0 Å². The number of nitrogens with two attached hydrogens (primary N) is 2. The van der Waals surface area contributed by atoms with Gasteiger partial charge < -0.3 is 16.4 Å². The highest BCUT2D eigenvalue weighted by molar-refractivity contribution is 5.82. The number of carbonyl (C=O) groups excluding carboxylic acids is 1. The zero-order valence-corrected chi connectivity index (χ0v) is 22.9. The number of carbonyl (C=O) groups is 1. The quantitative estimate of drug-likeness (QED) is 0.294. The standard InChI is InChI=1S/C21H31N5O.C3H8.2C2H6/c1-4-17-9-8-16(15-18(17)5-2)10-12-26-14-13-25(3)19(20(26)27)7-6-11-24-21(22)23;1-3-2;2*1-2/h4-5,8-9,15,19H,1-2,6-7,10-14H2,3H3,(H4,22,23,24);3H2,1-2H3;2*1-2H3. The van der Waals surface area contributed by atoms with Crippen molar-refractivity contribution in [3.05, 3.63) is 48.0 Å². The minimum Gasteiger partial charge on any atom is -0.370 e. The molecule has 0 radical (unpaired) electrons. The Morgan fingerprint density at radius 2 is 1.68 bits per heavy atom. The molecule has 1 aliphatic heterocycles. The van der Waals surface area contributed by atoms with Crippen molar-refractivity contribution < 1.29 is 4.79 Å². The Morgan fingerprint density at radius 1 is 1.09 bits per heavy atom. The highest BCUT2D eigenvalue weighted by Gasteiger charge is 2.31. The molecule has 0 bridgehead atoms. The number of likely N-dealkylation sites (N-methyl/N-ethyl adjacent to an activating group) is 1. The molecule has 194 valence electrons. The van der Waals surface area contributed by atoms with Crippen LogP contribution in [0, 0.1) is 0 Å². The summed E-state index contributed by atoms with van der Waals surface area (Å²) in [4.78, 5) is 21.0. The summed E-state index contributed by atoms with van der Waals surface area (Å²) in [6.45, 7) is 22.9. The lowest BCUT2D eigenvalue weighted by Gasteiger charge is -2.38. The Labute approximate surface area is 209 Å². The highest BCUT2D eigenvalue weighted by Crippen LogP contribution is 2.18. The first-order valence-corrected chi connectivity index (χ1v) is 12.8. The second-order valence-electron chi connectivity index (χ2n) is 7.60. The molecule has 1 aromatic carbocycles. The lowest BCUT2D eigenvalue weighted by molar-refractivity contribution is -0.141. The zero-order valence-electron chi connectivity index (χ0n) is 22.9. The van der Waals surface area contributed by atoms with Gasteiger partial charge in [0, 0.05) is 26.2 Å². The first-order chi connectivity index (χ1) is 16.4. The van der Waals surface area contributed by atoms with E-state index in [1.165, 1.54) is 12.0 Å². The maximum absolute atomic E-state index is 12.9. The van der Waals surface area contributed by atoms with Crippen molar-refractivity contribution in [3.8, 4) is 0 Å². The van der Waals surface area contributed by atoms with Crippen LogP contribution in [-0.4, -0.2) is 60.9 Å². The normalized spacial score (nSPS) is 14.9. The number of hydrogen-bond acceptors (Lipinski definition) is 3. The van der Waals surface area contributed by atoms with Gasteiger partial charge in [0.25, 0.3) is 0 Å². The van der Waals surface area contributed by atoms with Crippen molar-refractivity contribution in [1.82, 2.24) is 9.80 Å². The largest absolute Gasteiger partial charge is 0.370 e. The van der Waals surface area contributed by atoms with Crippen LogP contribution in [0.15, 0.2) is 36.3 Å². The van der Waals surface area contributed by atoms with Gasteiger partial charge in [0.15, 0.2) is 5.96 Å². The molecule has 0 spiro atoms. The molecule has 1 saturated heterocycles. The second kappa shape index (κ2) is 21.0. The van der Waals surface area contributed by atoms with Gasteiger partial charge in [-0.2, -0.15) is 0 Å². The molecule has 6 heteroatoms. The third-order valence-electron chi connectivity index (χ3n) is 5.04. The molecule has 1 fully saturated rings. The fourth-order valence-electron chi connectivity index (χ4n) is 3.41. The van der Waals surface area contributed by atoms with Crippen LogP contribution in [0.25, 0.3) is 12.2 Å². The van der Waals surface area contributed by atoms with Gasteiger partial charge in [-0.3, -0.25) is 14.7 Å². The summed E-state index contributed by atoms with van der Waals surface area (Å²) in [6.07, 6.45) is 7.30. The van der Waals surface area contributed by atoms with Gasteiger partial charge in [0.2, 0.25) is 5.91 Å². The van der Waals surface area contributed by atoms with Crippen LogP contribution in [0.3, 0.4) is 0 Å². The molecule has 4 N–H and O–H groups in total. The van der Waals surface area contributed by atoms with Gasteiger partial charge in [0.1, 0.15) is 0 Å². The van der Waals surface area contributed by atoms with E-state index in [0.717, 1.165) is 50.0 Å². The van der Waals surface area contributed by atoms with Gasteiger partial charge in [0.05, 0.1) is 6.04 Å². The zero-order chi connectivity index (χ0) is 26.5. The lowest BCUT2D eigenvalue weighted by Crippen LogP contribution is -2.55. The van der Waals surface area contributed by atoms with Gasteiger partial charge in [-0.1, -0.05) is 91.5 Å². The second-order valence-corrected chi connectivity index (χ2v) is 7.60. The van der Waals surface area contributed by atoms with Crippen LogP contribution in [-0.2, 0) is 11.2 Å². The maximum atomic E-state index is 12.9. The predicted octanol–water partition coefficient (Wildman–Crippen LogP) is 5.18. The number of hydrogen-bond donors (Lipinski definition) is 2. The first kappa shape index (κ1) is 33.6. The molecule has 1 amide bonds. The SMILES string of the molecule is C=Cc1ccc(CCN2CCN(C)C(CCCN=C(N)N)C2=O)cc1C=C.CC.CC.CCC. The molecule has 0 aliphatic carbocycles. The predicted molar refractivity (Wildman–Crippen MR) is 152 cm³/mol. The van der Waals surface area contributed by atoms with Crippen molar-refractivity contribution in [2.45, 2.75) is 73.3 Å². The molecule has 0 aromatic heterocycles. The lowest BCUT2D eigenvalue weighted by atomic mass is 10.0. The van der Waals surface area contributed by atoms with E-state index in [2.05, 4.69) is 55.1 Å². The van der Waals surface area contributed by atoms with E-state index in [0.29, 0.717) is 6.54 Å². The van der Waals surface area contributed by atoms with E-state index >= 15 is 0 Å². The number of nitrogens with zero attached hydrogens (tertiary/aromatic N) is 3. The number of guanidine groups is 1. The van der Waals surface area contributed by atoms with Crippen molar-refractivity contribution in [3.63, 3.8) is 0 Å². The summed E-state index contributed by atoms with van der Waals surface area (Å²) < 4.78 is 0. The van der Waals surface area contributed by atoms with Crippen molar-refractivity contribution >= 4 is 24.0 Å². The molecule has 2 rings (SSSR count). The van der Waals surface area contributed by atoms with E-state index in [-0.39, 0.29) is 17.9 Å². The topological polar surface area (TPSA) is 87.9 Å². The summed E-state index contributed by atoms with van der Waals surface area (Å²) >= 11 is 0. The number of piperazine rings is 1. The Balaban J connectivity index is 0. The van der Waals surface area contributed by atoms with Crippen LogP contribution in [0.4, 0.5) is 0 Å². The van der Waals surface area contributed by atoms with Crippen molar-refractivity contribution in [1.29, 1.82) is 0 Å². The molecule has 1 heterocycles. The Kier molecular flexibility index (Phi) is 20.7. The minimum atomic E-state index is -0.0974. The third-order valence-corrected chi connectivity index (χ3v) is 5.04. The molecule has 1 aliphatic rings. The molecular formula is C28H51N5O. The van der Waals surface area contributed by atoms with E-state index < -0.39 is 0 Å². The maximum Gasteiger partial charge on any atom is 0.239 e. The summed E-state index contributed by atoms with van der Waals surface area (Å²) in [5.74, 6) is 0.293. The third kappa shape index (κ3) is 12.6. The van der Waals surface area contributed by atoms with E-state index in [1.54, 1.807) is 0 Å². The number of amides is 1. The number of benzene rings is 1. The van der Waals surface area contributed by atoms with Gasteiger partial charge in [-0.15, -0.1) is 0 Å². The Morgan fingerprint density at radius 3 is 2.21 bits per heavy atom. The minimum absolute atomic E-state index is 0.0974. The van der Waals surface area contributed by atoms with Crippen molar-refractivity contribution in [2.75, 3.05) is 33.2 Å². The molecule has 1 aromatic rings. The Bertz CT molecular complexity index is 726. The number of aliphatic imine (C=N–C) groups is 1. The summed E-state index contributed by atoms with van der Waals surface area (Å²) in [5, 5.41) is 0. The molecular weight excluding hydrogens is 422 g/mol. The molecule has 1 unspecified atom stereocenters. The molecule has 34 heavy (non-hydrogen) atoms. The van der Waals surface area contributed by atoms with Crippen LogP contribution >= 0.6 is 0 Å². The summed E-state index contributed by atoms with van der Waals surface area (Å²) in [5.41, 5.74) is 14.1. The monoisotopic (exact) mass is 473 g/mol. The van der Waals surface area contributed by atoms with Crippen LogP contribution in [0.1, 0.15) is 77.5 Å². The molecule has 1 atom stereocenters. The fraction of sp³-hybridized carbons (Fsp3) is 0.571. The molecule has 0 saturated carbocycles. The fourth-order valence-corrected chi connectivity index (χ4v) is 3.41. The average Bonchev–Trinajstić information content (AvgIpc) is 2.85. The van der Waals surface area contributed by atoms with E-state index in [9.17, 15) is 4.79 Å². The van der Waals surface area contributed by atoms with E-state index in [4.69, 9.17) is 11.5 Å². The summed E-state index contributed by atoms with van der Waals surface area (Å²) in [7, 11) is 2.00. The Hall–Kier alpha value is -2.60. The first-order valence-electron chi connectivity index (χ1n) is 12.8. The molecule has 6 nitrogen and oxygen atoms in total. The average molecular weight is 474 g/mol. The van der Waals surface area contributed by atoms with Gasteiger partial charge >= 0.3 is 0 Å². The van der Waals surface area contributed by atoms with E-state index in [1.807, 2.05) is 51.8 Å². The van der Waals surface area contributed by atoms with Crippen molar-refractivity contribution in [2.24, 2.45) is 16.5 Å².